The summed E-state index contributed by atoms with van der Waals surface area (Å²) in [6, 6.07) is 26.8. The number of aryl methyl sites for hydroxylation is 1. The van der Waals surface area contributed by atoms with Crippen LogP contribution in [0, 0.1) is 12.7 Å². The molecule has 0 saturated carbocycles. The number of carbonyl (C=O) groups excluding carboxylic acids is 1. The van der Waals surface area contributed by atoms with Gasteiger partial charge in [-0.05, 0) is 67.1 Å². The zero-order chi connectivity index (χ0) is 26.2. The Labute approximate surface area is 219 Å². The molecule has 7 nitrogen and oxygen atoms in total. The summed E-state index contributed by atoms with van der Waals surface area (Å²) >= 11 is 0. The van der Waals surface area contributed by atoms with Crippen molar-refractivity contribution in [1.29, 1.82) is 0 Å². The Morgan fingerprint density at radius 2 is 1.79 bits per heavy atom. The molecule has 0 aliphatic carbocycles. The molecule has 3 aromatic carbocycles. The Hall–Kier alpha value is -4.85. The van der Waals surface area contributed by atoms with Crippen molar-refractivity contribution >= 4 is 11.7 Å². The maximum absolute atomic E-state index is 13.9. The standard InChI is InChI=1S/C30H26FN5O2/c1-20-26-19-35(30(37)32-23-9-6-8-22(31)18-23)28(21-13-15-25(38-2)16-14-21)27-12-7-17-34(27)29(26)36(33-20)24-10-4-3-5-11-24/h3-18,28H,19H2,1-2H3,(H,32,37)/t28-/m1/s1. The van der Waals surface area contributed by atoms with Crippen molar-refractivity contribution < 1.29 is 13.9 Å². The molecule has 0 unspecified atom stereocenters. The van der Waals surface area contributed by atoms with E-state index in [9.17, 15) is 9.18 Å². The normalized spacial score (nSPS) is 14.4. The van der Waals surface area contributed by atoms with Gasteiger partial charge in [-0.1, -0.05) is 36.4 Å². The Morgan fingerprint density at radius 3 is 2.53 bits per heavy atom. The van der Waals surface area contributed by atoms with E-state index in [1.165, 1.54) is 12.1 Å². The number of urea groups is 1. The molecule has 1 atom stereocenters. The van der Waals surface area contributed by atoms with Crippen LogP contribution in [0.4, 0.5) is 14.9 Å². The third-order valence-corrected chi connectivity index (χ3v) is 6.86. The molecule has 1 aliphatic heterocycles. The van der Waals surface area contributed by atoms with Gasteiger partial charge in [0.2, 0.25) is 0 Å². The van der Waals surface area contributed by atoms with Crippen molar-refractivity contribution in [2.45, 2.75) is 19.5 Å². The lowest BCUT2D eigenvalue weighted by molar-refractivity contribution is 0.194. The van der Waals surface area contributed by atoms with Gasteiger partial charge in [0, 0.05) is 17.4 Å². The summed E-state index contributed by atoms with van der Waals surface area (Å²) in [4.78, 5) is 15.7. The summed E-state index contributed by atoms with van der Waals surface area (Å²) in [5.41, 5.74) is 4.89. The third-order valence-electron chi connectivity index (χ3n) is 6.86. The Kier molecular flexibility index (Phi) is 5.92. The van der Waals surface area contributed by atoms with Crippen molar-refractivity contribution in [3.63, 3.8) is 0 Å². The molecule has 0 spiro atoms. The Morgan fingerprint density at radius 1 is 1.00 bits per heavy atom. The number of aromatic nitrogens is 3. The van der Waals surface area contributed by atoms with Gasteiger partial charge in [0.1, 0.15) is 17.4 Å². The monoisotopic (exact) mass is 507 g/mol. The number of hydrogen-bond acceptors (Lipinski definition) is 3. The highest BCUT2D eigenvalue weighted by Crippen LogP contribution is 2.39. The molecule has 6 rings (SSSR count). The molecule has 3 heterocycles. The molecule has 190 valence electrons. The van der Waals surface area contributed by atoms with Gasteiger partial charge in [0.25, 0.3) is 0 Å². The summed E-state index contributed by atoms with van der Waals surface area (Å²) in [5.74, 6) is 1.20. The number of nitrogens with one attached hydrogen (secondary N) is 1. The average molecular weight is 508 g/mol. The van der Waals surface area contributed by atoms with Crippen LogP contribution in [0.2, 0.25) is 0 Å². The number of halogens is 1. The SMILES string of the molecule is COc1ccc([C@@H]2c3cccn3-c3c(c(C)nn3-c3ccccc3)CN2C(=O)Nc2cccc(F)c2)cc1. The van der Waals surface area contributed by atoms with Crippen LogP contribution in [0.5, 0.6) is 5.75 Å². The van der Waals surface area contributed by atoms with Crippen LogP contribution >= 0.6 is 0 Å². The molecular formula is C30H26FN5O2. The summed E-state index contributed by atoms with van der Waals surface area (Å²) in [6.07, 6.45) is 2.00. The highest BCUT2D eigenvalue weighted by Gasteiger charge is 2.36. The molecule has 8 heteroatoms. The fourth-order valence-corrected chi connectivity index (χ4v) is 5.05. The second kappa shape index (κ2) is 9.55. The first-order valence-electron chi connectivity index (χ1n) is 12.3. The van der Waals surface area contributed by atoms with Gasteiger partial charge >= 0.3 is 6.03 Å². The number of ether oxygens (including phenoxy) is 1. The van der Waals surface area contributed by atoms with Crippen LogP contribution in [-0.4, -0.2) is 32.4 Å². The number of anilines is 1. The lowest BCUT2D eigenvalue weighted by Gasteiger charge is -2.31. The Balaban J connectivity index is 1.53. The van der Waals surface area contributed by atoms with Gasteiger partial charge < -0.3 is 19.5 Å². The quantitative estimate of drug-likeness (QED) is 0.312. The van der Waals surface area contributed by atoms with E-state index in [1.807, 2.05) is 84.5 Å². The van der Waals surface area contributed by atoms with Crippen molar-refractivity contribution in [2.24, 2.45) is 0 Å². The van der Waals surface area contributed by atoms with E-state index in [1.54, 1.807) is 24.1 Å². The van der Waals surface area contributed by atoms with E-state index in [4.69, 9.17) is 9.84 Å². The van der Waals surface area contributed by atoms with Crippen LogP contribution < -0.4 is 10.1 Å². The number of rotatable bonds is 4. The molecule has 38 heavy (non-hydrogen) atoms. The minimum absolute atomic E-state index is 0.299. The first kappa shape index (κ1) is 23.5. The number of amides is 2. The molecule has 5 aromatic rings. The summed E-state index contributed by atoms with van der Waals surface area (Å²) in [5, 5.41) is 7.76. The van der Waals surface area contributed by atoms with Crippen molar-refractivity contribution in [3.8, 4) is 17.3 Å². The van der Waals surface area contributed by atoms with Gasteiger partial charge in [-0.15, -0.1) is 0 Å². The summed E-state index contributed by atoms with van der Waals surface area (Å²) in [6.45, 7) is 2.26. The van der Waals surface area contributed by atoms with Crippen molar-refractivity contribution in [2.75, 3.05) is 12.4 Å². The van der Waals surface area contributed by atoms with Crippen LogP contribution in [0.3, 0.4) is 0 Å². The van der Waals surface area contributed by atoms with Crippen LogP contribution in [0.25, 0.3) is 11.5 Å². The molecule has 0 fully saturated rings. The average Bonchev–Trinajstić information content (AvgIpc) is 3.49. The highest BCUT2D eigenvalue weighted by atomic mass is 19.1. The number of para-hydroxylation sites is 1. The zero-order valence-corrected chi connectivity index (χ0v) is 21.0. The molecule has 2 amide bonds. The third kappa shape index (κ3) is 4.10. The molecule has 0 radical (unpaired) electrons. The van der Waals surface area contributed by atoms with E-state index in [2.05, 4.69) is 9.88 Å². The highest BCUT2D eigenvalue weighted by molar-refractivity contribution is 5.90. The minimum Gasteiger partial charge on any atom is -0.497 e. The molecule has 1 aliphatic rings. The van der Waals surface area contributed by atoms with Crippen LogP contribution in [-0.2, 0) is 6.54 Å². The van der Waals surface area contributed by atoms with Gasteiger partial charge in [-0.2, -0.15) is 5.10 Å². The van der Waals surface area contributed by atoms with E-state index < -0.39 is 11.9 Å². The maximum Gasteiger partial charge on any atom is 0.322 e. The summed E-state index contributed by atoms with van der Waals surface area (Å²) < 4.78 is 23.3. The first-order chi connectivity index (χ1) is 18.5. The second-order valence-corrected chi connectivity index (χ2v) is 9.18. The number of benzene rings is 3. The number of nitrogens with zero attached hydrogens (tertiary/aromatic N) is 4. The van der Waals surface area contributed by atoms with E-state index >= 15 is 0 Å². The second-order valence-electron chi connectivity index (χ2n) is 9.18. The van der Waals surface area contributed by atoms with Gasteiger partial charge in [-0.25, -0.2) is 13.9 Å². The molecule has 2 aromatic heterocycles. The molecule has 0 saturated heterocycles. The number of methoxy groups -OCH3 is 1. The fraction of sp³-hybridized carbons (Fsp3) is 0.133. The number of hydrogen-bond donors (Lipinski definition) is 1. The molecular weight excluding hydrogens is 481 g/mol. The smallest absolute Gasteiger partial charge is 0.322 e. The van der Waals surface area contributed by atoms with Crippen LogP contribution in [0.1, 0.15) is 28.6 Å². The van der Waals surface area contributed by atoms with Crippen molar-refractivity contribution in [1.82, 2.24) is 19.2 Å². The van der Waals surface area contributed by atoms with Gasteiger partial charge in [-0.3, -0.25) is 0 Å². The molecule has 0 bridgehead atoms. The van der Waals surface area contributed by atoms with Gasteiger partial charge in [0.15, 0.2) is 0 Å². The molecule has 1 N–H and O–H groups in total. The lowest BCUT2D eigenvalue weighted by atomic mass is 10.0. The zero-order valence-electron chi connectivity index (χ0n) is 21.0. The first-order valence-corrected chi connectivity index (χ1v) is 12.3. The Bertz CT molecular complexity index is 1610. The minimum atomic E-state index is -0.430. The number of fused-ring (bicyclic) bond motifs is 3. The largest absolute Gasteiger partial charge is 0.497 e. The topological polar surface area (TPSA) is 64.3 Å². The predicted octanol–water partition coefficient (Wildman–Crippen LogP) is 6.26. The predicted molar refractivity (Wildman–Crippen MR) is 143 cm³/mol. The van der Waals surface area contributed by atoms with E-state index in [0.717, 1.165) is 39.8 Å². The maximum atomic E-state index is 13.9. The van der Waals surface area contributed by atoms with E-state index in [-0.39, 0.29) is 6.03 Å². The lowest BCUT2D eigenvalue weighted by Crippen LogP contribution is -2.38. The fourth-order valence-electron chi connectivity index (χ4n) is 5.05. The number of carbonyl (C=O) groups is 1. The van der Waals surface area contributed by atoms with Crippen LogP contribution in [0.15, 0.2) is 97.2 Å². The van der Waals surface area contributed by atoms with Gasteiger partial charge in [0.05, 0.1) is 36.8 Å². The van der Waals surface area contributed by atoms with Crippen molar-refractivity contribution in [3.05, 3.63) is 126 Å². The summed E-state index contributed by atoms with van der Waals surface area (Å²) in [7, 11) is 1.62. The van der Waals surface area contributed by atoms with E-state index in [0.29, 0.717) is 12.2 Å².